The van der Waals surface area contributed by atoms with Gasteiger partial charge in [0, 0.05) is 48.5 Å². The van der Waals surface area contributed by atoms with Crippen molar-refractivity contribution in [2.24, 2.45) is 0 Å². The van der Waals surface area contributed by atoms with Crippen LogP contribution in [0.25, 0.3) is 0 Å². The molecule has 1 aromatic heterocycles. The van der Waals surface area contributed by atoms with Crippen molar-refractivity contribution in [3.8, 4) is 0 Å². The van der Waals surface area contributed by atoms with Gasteiger partial charge in [0.05, 0.1) is 0 Å². The van der Waals surface area contributed by atoms with Crippen LogP contribution in [-0.4, -0.2) is 57.7 Å². The zero-order valence-corrected chi connectivity index (χ0v) is 13.4. The van der Waals surface area contributed by atoms with Crippen LogP contribution in [0.15, 0.2) is 0 Å². The van der Waals surface area contributed by atoms with E-state index in [4.69, 9.17) is 5.73 Å². The molecule has 0 radical (unpaired) electrons. The highest BCUT2D eigenvalue weighted by molar-refractivity contribution is 7.85. The lowest BCUT2D eigenvalue weighted by atomic mass is 10.4. The van der Waals surface area contributed by atoms with E-state index in [0.717, 1.165) is 18.2 Å². The fraction of sp³-hybridized carbons (Fsp3) is 0.667. The van der Waals surface area contributed by atoms with Gasteiger partial charge in [-0.1, -0.05) is 11.3 Å². The third-order valence-electron chi connectivity index (χ3n) is 3.34. The van der Waals surface area contributed by atoms with Crippen molar-refractivity contribution in [1.82, 2.24) is 9.88 Å². The summed E-state index contributed by atoms with van der Waals surface area (Å²) in [5.41, 5.74) is 5.89. The predicted octanol–water partition coefficient (Wildman–Crippen LogP) is 0.776. The van der Waals surface area contributed by atoms with Gasteiger partial charge in [-0.05, 0) is 13.8 Å². The number of nitrogens with zero attached hydrogens (tertiary/aromatic N) is 3. The molecule has 0 bridgehead atoms. The van der Waals surface area contributed by atoms with Crippen molar-refractivity contribution < 1.29 is 9.00 Å². The first-order chi connectivity index (χ1) is 9.56. The molecule has 0 atom stereocenters. The summed E-state index contributed by atoms with van der Waals surface area (Å²) in [6.07, 6.45) is 0. The molecule has 112 valence electrons. The molecule has 0 unspecified atom stereocenters. The molecule has 2 N–H and O–H groups in total. The Bertz CT molecular complexity index is 504. The normalized spacial score (nSPS) is 16.4. The molecule has 0 saturated carbocycles. The lowest BCUT2D eigenvalue weighted by Crippen LogP contribution is -2.41. The van der Waals surface area contributed by atoms with Gasteiger partial charge in [0.1, 0.15) is 10.7 Å². The van der Waals surface area contributed by atoms with Gasteiger partial charge in [-0.15, -0.1) is 0 Å². The molecule has 20 heavy (non-hydrogen) atoms. The second-order valence-corrected chi connectivity index (χ2v) is 7.20. The highest BCUT2D eigenvalue weighted by Gasteiger charge is 2.26. The third-order valence-corrected chi connectivity index (χ3v) is 5.73. The topological polar surface area (TPSA) is 79.5 Å². The van der Waals surface area contributed by atoms with E-state index >= 15 is 0 Å². The molecule has 1 saturated heterocycles. The highest BCUT2D eigenvalue weighted by atomic mass is 32.2. The van der Waals surface area contributed by atoms with E-state index < -0.39 is 10.8 Å². The number of amides is 1. The number of anilines is 2. The first-order valence-corrected chi connectivity index (χ1v) is 9.02. The minimum Gasteiger partial charge on any atom is -0.382 e. The van der Waals surface area contributed by atoms with Gasteiger partial charge in [-0.25, -0.2) is 4.98 Å². The van der Waals surface area contributed by atoms with Crippen LogP contribution in [0, 0.1) is 0 Å². The fourth-order valence-electron chi connectivity index (χ4n) is 2.09. The molecule has 8 heteroatoms. The van der Waals surface area contributed by atoms with Crippen LogP contribution < -0.4 is 10.6 Å². The number of hydrogen-bond acceptors (Lipinski definition) is 6. The molecule has 1 aliphatic rings. The largest absolute Gasteiger partial charge is 0.382 e. The summed E-state index contributed by atoms with van der Waals surface area (Å²) in [5.74, 6) is 1.31. The standard InChI is InChI=1S/C12H20N4O2S2/c1-3-15(4-2)12-14-10(13)9(19-12)11(17)16-5-7-20(18)8-6-16/h3-8,13H2,1-2H3. The molecule has 0 spiro atoms. The van der Waals surface area contributed by atoms with Crippen molar-refractivity contribution in [2.75, 3.05) is 48.3 Å². The van der Waals surface area contributed by atoms with Crippen molar-refractivity contribution in [2.45, 2.75) is 13.8 Å². The second-order valence-electron chi connectivity index (χ2n) is 4.52. The molecular formula is C12H20N4O2S2. The molecule has 1 fully saturated rings. The molecule has 1 aliphatic heterocycles. The van der Waals surface area contributed by atoms with Gasteiger partial charge in [0.2, 0.25) is 0 Å². The minimum atomic E-state index is -0.790. The van der Waals surface area contributed by atoms with E-state index in [1.54, 1.807) is 4.90 Å². The molecule has 2 rings (SSSR count). The predicted molar refractivity (Wildman–Crippen MR) is 83.9 cm³/mol. The number of carbonyl (C=O) groups excluding carboxylic acids is 1. The number of nitrogens with two attached hydrogens (primary N) is 1. The molecule has 1 amide bonds. The van der Waals surface area contributed by atoms with E-state index in [1.165, 1.54) is 11.3 Å². The summed E-state index contributed by atoms with van der Waals surface area (Å²) < 4.78 is 11.3. The lowest BCUT2D eigenvalue weighted by Gasteiger charge is -2.25. The van der Waals surface area contributed by atoms with Gasteiger partial charge >= 0.3 is 0 Å². The average molecular weight is 316 g/mol. The van der Waals surface area contributed by atoms with Gasteiger partial charge < -0.3 is 15.5 Å². The van der Waals surface area contributed by atoms with Crippen molar-refractivity contribution in [3.05, 3.63) is 4.88 Å². The summed E-state index contributed by atoms with van der Waals surface area (Å²) >= 11 is 1.34. The maximum atomic E-state index is 12.4. The average Bonchev–Trinajstić information content (AvgIpc) is 2.82. The van der Waals surface area contributed by atoms with E-state index in [1.807, 2.05) is 13.8 Å². The molecule has 0 aromatic carbocycles. The van der Waals surface area contributed by atoms with E-state index in [2.05, 4.69) is 9.88 Å². The Balaban J connectivity index is 2.16. The second kappa shape index (κ2) is 6.53. The Kier molecular flexibility index (Phi) is 4.98. The lowest BCUT2D eigenvalue weighted by molar-refractivity contribution is 0.0777. The number of nitrogen functional groups attached to an aromatic ring is 1. The Labute approximate surface area is 125 Å². The molecule has 2 heterocycles. The number of aromatic nitrogens is 1. The maximum Gasteiger partial charge on any atom is 0.267 e. The van der Waals surface area contributed by atoms with E-state index in [9.17, 15) is 9.00 Å². The number of rotatable bonds is 4. The van der Waals surface area contributed by atoms with Crippen LogP contribution in [0.2, 0.25) is 0 Å². The zero-order valence-electron chi connectivity index (χ0n) is 11.8. The van der Waals surface area contributed by atoms with Gasteiger partial charge in [-0.2, -0.15) is 0 Å². The first kappa shape index (κ1) is 15.2. The molecule has 6 nitrogen and oxygen atoms in total. The Morgan fingerprint density at radius 2 is 2.00 bits per heavy atom. The number of thiazole rings is 1. The Hall–Kier alpha value is -1.15. The van der Waals surface area contributed by atoms with E-state index in [0.29, 0.717) is 35.3 Å². The summed E-state index contributed by atoms with van der Waals surface area (Å²) in [6, 6.07) is 0. The Morgan fingerprint density at radius 3 is 2.55 bits per heavy atom. The SMILES string of the molecule is CCN(CC)c1nc(N)c(C(=O)N2CCS(=O)CC2)s1. The van der Waals surface area contributed by atoms with E-state index in [-0.39, 0.29) is 5.91 Å². The van der Waals surface area contributed by atoms with Crippen molar-refractivity contribution in [3.63, 3.8) is 0 Å². The van der Waals surface area contributed by atoms with Crippen molar-refractivity contribution in [1.29, 1.82) is 0 Å². The quantitative estimate of drug-likeness (QED) is 0.888. The van der Waals surface area contributed by atoms with Gasteiger partial charge in [0.15, 0.2) is 5.13 Å². The molecular weight excluding hydrogens is 296 g/mol. The highest BCUT2D eigenvalue weighted by Crippen LogP contribution is 2.29. The molecule has 0 aliphatic carbocycles. The third kappa shape index (κ3) is 3.12. The summed E-state index contributed by atoms with van der Waals surface area (Å²) in [6.45, 7) is 6.82. The van der Waals surface area contributed by atoms with Crippen LogP contribution >= 0.6 is 11.3 Å². The zero-order chi connectivity index (χ0) is 14.7. The summed E-state index contributed by atoms with van der Waals surface area (Å²) in [7, 11) is -0.790. The van der Waals surface area contributed by atoms with Crippen LogP contribution in [-0.2, 0) is 10.8 Å². The summed E-state index contributed by atoms with van der Waals surface area (Å²) in [5, 5.41) is 0.788. The van der Waals surface area contributed by atoms with Crippen molar-refractivity contribution >= 4 is 39.0 Å². The number of carbonyl (C=O) groups is 1. The first-order valence-electron chi connectivity index (χ1n) is 6.72. The Morgan fingerprint density at radius 1 is 1.40 bits per heavy atom. The minimum absolute atomic E-state index is 0.0879. The smallest absolute Gasteiger partial charge is 0.267 e. The fourth-order valence-corrected chi connectivity index (χ4v) is 4.22. The number of hydrogen-bond donors (Lipinski definition) is 1. The maximum absolute atomic E-state index is 12.4. The van der Waals surface area contributed by atoms with Crippen LogP contribution in [0.1, 0.15) is 23.5 Å². The monoisotopic (exact) mass is 316 g/mol. The molecule has 1 aromatic rings. The van der Waals surface area contributed by atoms with Crippen LogP contribution in [0.5, 0.6) is 0 Å². The van der Waals surface area contributed by atoms with Crippen LogP contribution in [0.3, 0.4) is 0 Å². The van der Waals surface area contributed by atoms with Crippen LogP contribution in [0.4, 0.5) is 10.9 Å². The van der Waals surface area contributed by atoms with Gasteiger partial charge in [0.25, 0.3) is 5.91 Å². The van der Waals surface area contributed by atoms with Gasteiger partial charge in [-0.3, -0.25) is 9.00 Å². The summed E-state index contributed by atoms with van der Waals surface area (Å²) in [4.78, 5) is 21.0.